The first-order valence-corrected chi connectivity index (χ1v) is 8.34. The third-order valence-electron chi connectivity index (χ3n) is 4.33. The van der Waals surface area contributed by atoms with Crippen molar-refractivity contribution in [3.05, 3.63) is 0 Å². The van der Waals surface area contributed by atoms with E-state index in [-0.39, 0.29) is 18.1 Å². The molecule has 0 aliphatic carbocycles. The Kier molecular flexibility index (Phi) is 8.04. The van der Waals surface area contributed by atoms with Gasteiger partial charge in [0.25, 0.3) is 0 Å². The fourth-order valence-corrected chi connectivity index (χ4v) is 2.70. The minimum Gasteiger partial charge on any atom is -0.393 e. The number of carbonyl (C=O) groups excluding carboxylic acids is 1. The van der Waals surface area contributed by atoms with Crippen LogP contribution in [0.1, 0.15) is 47.0 Å². The van der Waals surface area contributed by atoms with Crippen molar-refractivity contribution in [1.29, 1.82) is 0 Å². The maximum absolute atomic E-state index is 11.7. The van der Waals surface area contributed by atoms with Gasteiger partial charge >= 0.3 is 6.03 Å². The summed E-state index contributed by atoms with van der Waals surface area (Å²) in [7, 11) is 0. The maximum Gasteiger partial charge on any atom is 0.314 e. The van der Waals surface area contributed by atoms with Crippen molar-refractivity contribution in [2.24, 2.45) is 11.8 Å². The van der Waals surface area contributed by atoms with Gasteiger partial charge in [-0.2, -0.15) is 0 Å². The fraction of sp³-hybridized carbons (Fsp3) is 0.938. The number of rotatable bonds is 7. The van der Waals surface area contributed by atoms with Crippen LogP contribution in [0.3, 0.4) is 0 Å². The molecule has 0 bridgehead atoms. The van der Waals surface area contributed by atoms with Gasteiger partial charge in [-0.25, -0.2) is 4.79 Å². The Morgan fingerprint density at radius 1 is 1.29 bits per heavy atom. The number of amides is 2. The van der Waals surface area contributed by atoms with Crippen molar-refractivity contribution in [3.63, 3.8) is 0 Å². The zero-order valence-corrected chi connectivity index (χ0v) is 14.1. The summed E-state index contributed by atoms with van der Waals surface area (Å²) in [4.78, 5) is 14.2. The Balaban J connectivity index is 2.15. The lowest BCUT2D eigenvalue weighted by Crippen LogP contribution is -2.45. The first-order chi connectivity index (χ1) is 9.90. The molecule has 0 saturated carbocycles. The lowest BCUT2D eigenvalue weighted by atomic mass is 9.97. The largest absolute Gasteiger partial charge is 0.393 e. The van der Waals surface area contributed by atoms with Gasteiger partial charge < -0.3 is 20.6 Å². The van der Waals surface area contributed by atoms with Crippen LogP contribution in [-0.2, 0) is 0 Å². The molecule has 1 aliphatic heterocycles. The summed E-state index contributed by atoms with van der Waals surface area (Å²) in [5.74, 6) is 0.785. The molecule has 2 atom stereocenters. The van der Waals surface area contributed by atoms with E-state index in [2.05, 4.69) is 29.4 Å². The van der Waals surface area contributed by atoms with Gasteiger partial charge in [0, 0.05) is 25.7 Å². The van der Waals surface area contributed by atoms with E-state index in [9.17, 15) is 9.90 Å². The van der Waals surface area contributed by atoms with Gasteiger partial charge in [0.2, 0.25) is 0 Å². The highest BCUT2D eigenvalue weighted by Crippen LogP contribution is 2.17. The quantitative estimate of drug-likeness (QED) is 0.672. The predicted octanol–water partition coefficient (Wildman–Crippen LogP) is 1.81. The second kappa shape index (κ2) is 9.26. The molecule has 1 rings (SSSR count). The summed E-state index contributed by atoms with van der Waals surface area (Å²) < 4.78 is 0. The number of nitrogens with zero attached hydrogens (tertiary/aromatic N) is 1. The number of urea groups is 1. The van der Waals surface area contributed by atoms with Gasteiger partial charge in [-0.1, -0.05) is 13.8 Å². The third-order valence-corrected chi connectivity index (χ3v) is 4.33. The zero-order valence-electron chi connectivity index (χ0n) is 14.1. The van der Waals surface area contributed by atoms with Gasteiger partial charge in [0.05, 0.1) is 6.10 Å². The van der Waals surface area contributed by atoms with Crippen molar-refractivity contribution >= 4 is 6.03 Å². The first-order valence-electron chi connectivity index (χ1n) is 8.34. The molecule has 1 aliphatic rings. The van der Waals surface area contributed by atoms with E-state index >= 15 is 0 Å². The average Bonchev–Trinajstić information content (AvgIpc) is 2.45. The molecule has 21 heavy (non-hydrogen) atoms. The van der Waals surface area contributed by atoms with Crippen LogP contribution in [0.5, 0.6) is 0 Å². The molecule has 0 aromatic heterocycles. The monoisotopic (exact) mass is 299 g/mol. The molecule has 3 N–H and O–H groups in total. The Labute approximate surface area is 129 Å². The van der Waals surface area contributed by atoms with E-state index in [1.165, 1.54) is 19.4 Å². The van der Waals surface area contributed by atoms with Crippen LogP contribution in [0.25, 0.3) is 0 Å². The number of hydrogen-bond acceptors (Lipinski definition) is 3. The van der Waals surface area contributed by atoms with Crippen LogP contribution in [0, 0.1) is 11.8 Å². The summed E-state index contributed by atoms with van der Waals surface area (Å²) in [6.07, 6.45) is 2.67. The average molecular weight is 299 g/mol. The molecule has 5 nitrogen and oxygen atoms in total. The highest BCUT2D eigenvalue weighted by molar-refractivity contribution is 5.73. The molecule has 2 unspecified atom stereocenters. The molecule has 0 aromatic rings. The molecular formula is C16H33N3O2. The van der Waals surface area contributed by atoms with Gasteiger partial charge in [-0.3, -0.25) is 0 Å². The number of aliphatic hydroxyl groups excluding tert-OH is 1. The van der Waals surface area contributed by atoms with Crippen molar-refractivity contribution in [2.75, 3.05) is 26.2 Å². The molecule has 2 amide bonds. The minimum absolute atomic E-state index is 0.118. The third kappa shape index (κ3) is 7.14. The van der Waals surface area contributed by atoms with E-state index in [0.717, 1.165) is 13.1 Å². The van der Waals surface area contributed by atoms with E-state index in [1.807, 2.05) is 13.8 Å². The molecule has 0 radical (unpaired) electrons. The molecule has 1 heterocycles. The summed E-state index contributed by atoms with van der Waals surface area (Å²) in [5.41, 5.74) is 0. The zero-order chi connectivity index (χ0) is 15.8. The van der Waals surface area contributed by atoms with Crippen LogP contribution in [0.2, 0.25) is 0 Å². The number of hydrogen-bond donors (Lipinski definition) is 3. The van der Waals surface area contributed by atoms with Crippen molar-refractivity contribution in [2.45, 2.75) is 59.1 Å². The molecule has 124 valence electrons. The van der Waals surface area contributed by atoms with E-state index in [4.69, 9.17) is 0 Å². The van der Waals surface area contributed by atoms with Gasteiger partial charge in [-0.05, 0) is 51.5 Å². The number of likely N-dealkylation sites (tertiary alicyclic amines) is 1. The van der Waals surface area contributed by atoms with Gasteiger partial charge in [0.15, 0.2) is 0 Å². The lowest BCUT2D eigenvalue weighted by molar-refractivity contribution is 0.116. The van der Waals surface area contributed by atoms with E-state index in [1.54, 1.807) is 0 Å². The van der Waals surface area contributed by atoms with E-state index in [0.29, 0.717) is 24.9 Å². The molecule has 1 fully saturated rings. The minimum atomic E-state index is -0.344. The standard InChI is InChI=1S/C16H33N3O2/c1-12(2)15(20)7-8-17-16(21)18-10-14-6-5-9-19(11-14)13(3)4/h12-15,20H,5-11H2,1-4H3,(H2,17,18,21). The molecule has 0 spiro atoms. The Morgan fingerprint density at radius 3 is 2.62 bits per heavy atom. The topological polar surface area (TPSA) is 64.6 Å². The fourth-order valence-electron chi connectivity index (χ4n) is 2.70. The lowest BCUT2D eigenvalue weighted by Gasteiger charge is -2.35. The Hall–Kier alpha value is -0.810. The SMILES string of the molecule is CC(C)C(O)CCNC(=O)NCC1CCCN(C(C)C)C1. The number of aliphatic hydroxyl groups is 1. The highest BCUT2D eigenvalue weighted by Gasteiger charge is 2.21. The summed E-state index contributed by atoms with van der Waals surface area (Å²) in [6, 6.07) is 0.465. The number of piperidine rings is 1. The molecular weight excluding hydrogens is 266 g/mol. The predicted molar refractivity (Wildman–Crippen MR) is 86.3 cm³/mol. The highest BCUT2D eigenvalue weighted by atomic mass is 16.3. The number of nitrogens with one attached hydrogen (secondary N) is 2. The summed E-state index contributed by atoms with van der Waals surface area (Å²) in [6.45, 7) is 11.9. The Morgan fingerprint density at radius 2 is 2.00 bits per heavy atom. The molecule has 1 saturated heterocycles. The second-order valence-corrected chi connectivity index (χ2v) is 6.83. The van der Waals surface area contributed by atoms with Crippen molar-refractivity contribution in [1.82, 2.24) is 15.5 Å². The molecule has 5 heteroatoms. The summed E-state index contributed by atoms with van der Waals surface area (Å²) in [5, 5.41) is 15.5. The molecule has 0 aromatic carbocycles. The van der Waals surface area contributed by atoms with Crippen LogP contribution in [0.4, 0.5) is 4.79 Å². The van der Waals surface area contributed by atoms with Crippen LogP contribution >= 0.6 is 0 Å². The van der Waals surface area contributed by atoms with Crippen LogP contribution in [0.15, 0.2) is 0 Å². The maximum atomic E-state index is 11.7. The summed E-state index contributed by atoms with van der Waals surface area (Å²) >= 11 is 0. The normalized spacial score (nSPS) is 21.6. The second-order valence-electron chi connectivity index (χ2n) is 6.83. The number of carbonyl (C=O) groups is 1. The first kappa shape index (κ1) is 18.2. The van der Waals surface area contributed by atoms with Crippen molar-refractivity contribution < 1.29 is 9.90 Å². The smallest absolute Gasteiger partial charge is 0.314 e. The van der Waals surface area contributed by atoms with Gasteiger partial charge in [-0.15, -0.1) is 0 Å². The van der Waals surface area contributed by atoms with Crippen molar-refractivity contribution in [3.8, 4) is 0 Å². The van der Waals surface area contributed by atoms with Crippen LogP contribution in [-0.4, -0.2) is 54.4 Å². The Bertz CT molecular complexity index is 308. The van der Waals surface area contributed by atoms with Gasteiger partial charge in [0.1, 0.15) is 0 Å². The van der Waals surface area contributed by atoms with Crippen LogP contribution < -0.4 is 10.6 Å². The van der Waals surface area contributed by atoms with E-state index < -0.39 is 0 Å².